The van der Waals surface area contributed by atoms with Gasteiger partial charge in [0.2, 0.25) is 0 Å². The number of hydrogen-bond donors (Lipinski definition) is 0. The zero-order chi connectivity index (χ0) is 0. The molecule has 0 bridgehead atoms. The Morgan fingerprint density at radius 3 is 0.286 bits per heavy atom. The monoisotopic (exact) mass is 250 g/mol. The van der Waals surface area contributed by atoms with Crippen LogP contribution in [0.5, 0.6) is 0 Å². The van der Waals surface area contributed by atoms with E-state index in [2.05, 4.69) is 0 Å². The molecular weight excluding hydrogens is 240 g/mol. The van der Waals surface area contributed by atoms with Gasteiger partial charge in [-0.05, 0) is 0 Å². The fourth-order valence-electron chi connectivity index (χ4n) is 0. The van der Waals surface area contributed by atoms with Gasteiger partial charge >= 0.3 is 0 Å². The van der Waals surface area contributed by atoms with E-state index in [1.807, 2.05) is 0 Å². The zero-order valence-corrected chi connectivity index (χ0v) is 6.71. The molecule has 0 aromatic carbocycles. The van der Waals surface area contributed by atoms with E-state index in [1.54, 1.807) is 0 Å². The molecule has 0 radical (unpaired) electrons. The van der Waals surface area contributed by atoms with Gasteiger partial charge in [-0.15, -0.1) is 0 Å². The van der Waals surface area contributed by atoms with E-state index in [9.17, 15) is 0 Å². The van der Waals surface area contributed by atoms with Crippen molar-refractivity contribution in [1.82, 2.24) is 0 Å². The smallest absolute Gasteiger partial charge is 0 e. The van der Waals surface area contributed by atoms with Gasteiger partial charge in [0.15, 0.2) is 0 Å². The molecule has 0 aliphatic rings. The Labute approximate surface area is 73.3 Å². The van der Waals surface area contributed by atoms with Crippen LogP contribution in [0.1, 0.15) is 0 Å². The first-order chi connectivity index (χ1) is 0. The summed E-state index contributed by atoms with van der Waals surface area (Å²) >= 11 is 0. The van der Waals surface area contributed by atoms with E-state index in [4.69, 9.17) is 0 Å². The predicted molar refractivity (Wildman–Crippen MR) is 21.7 cm³/mol. The summed E-state index contributed by atoms with van der Waals surface area (Å²) in [6.45, 7) is 0. The summed E-state index contributed by atoms with van der Waals surface area (Å²) in [5.74, 6) is 0. The van der Waals surface area contributed by atoms with Gasteiger partial charge < -0.3 is 32.9 Å². The van der Waals surface area contributed by atoms with Crippen molar-refractivity contribution in [2.75, 3.05) is 0 Å². The average molecular weight is 252 g/mol. The molecule has 0 amide bonds. The summed E-state index contributed by atoms with van der Waals surface area (Å²) in [5, 5.41) is 0. The Balaban J connectivity index is 0. The first-order valence-electron chi connectivity index (χ1n) is 0. The molecule has 0 fully saturated rings. The molecule has 0 atom stereocenters. The molecule has 0 aliphatic carbocycles. The van der Waals surface area contributed by atoms with Crippen molar-refractivity contribution in [3.05, 3.63) is 0 Å². The van der Waals surface area contributed by atoms with Crippen LogP contribution in [0, 0.1) is 40.8 Å². The Morgan fingerprint density at radius 2 is 0.286 bits per heavy atom. The van der Waals surface area contributed by atoms with Crippen molar-refractivity contribution in [3.8, 4) is 0 Å². The fraction of sp³-hybridized carbons (Fsp3) is 0. The van der Waals surface area contributed by atoms with Crippen molar-refractivity contribution < 1.29 is 73.7 Å². The maximum atomic E-state index is 0. The molecule has 0 aliphatic heterocycles. The van der Waals surface area contributed by atoms with Crippen LogP contribution in [0.15, 0.2) is 0 Å². The summed E-state index contributed by atoms with van der Waals surface area (Å²) in [4.78, 5) is 0. The average Bonchev–Trinajstić information content (AvgIpc) is 0. The molecule has 0 rings (SSSR count). The summed E-state index contributed by atoms with van der Waals surface area (Å²) in [5.41, 5.74) is 0. The minimum Gasteiger partial charge on any atom is -0.412 e. The molecule has 6 nitrogen and oxygen atoms in total. The van der Waals surface area contributed by atoms with Gasteiger partial charge in [-0.2, -0.15) is 0 Å². The molecule has 0 saturated carbocycles. The molecule has 0 spiro atoms. The molecule has 0 unspecified atom stereocenters. The normalized spacial score (nSPS) is 0. The second kappa shape index (κ2) is 215. The first-order valence-corrected chi connectivity index (χ1v) is 0. The van der Waals surface area contributed by atoms with Crippen LogP contribution < -0.4 is 0 Å². The molecule has 52 valence electrons. The number of rotatable bonds is 0. The zero-order valence-electron chi connectivity index (χ0n) is 3.50. The van der Waals surface area contributed by atoms with Crippen LogP contribution in [0.4, 0.5) is 0 Å². The van der Waals surface area contributed by atoms with E-state index >= 15 is 0 Å². The molecule has 12 N–H and O–H groups in total. The minimum atomic E-state index is 0. The maximum Gasteiger partial charge on any atom is 0 e. The van der Waals surface area contributed by atoms with Gasteiger partial charge in [0.25, 0.3) is 0 Å². The van der Waals surface area contributed by atoms with Crippen LogP contribution in [-0.2, 0) is 0 Å². The standard InChI is InChI=1S/Nd.6H2O/h;6*1H2. The van der Waals surface area contributed by atoms with Crippen molar-refractivity contribution in [3.63, 3.8) is 0 Å². The van der Waals surface area contributed by atoms with Crippen molar-refractivity contribution in [2.24, 2.45) is 0 Å². The molecule has 0 aromatic rings. The van der Waals surface area contributed by atoms with Gasteiger partial charge in [-0.3, -0.25) is 0 Å². The van der Waals surface area contributed by atoms with Gasteiger partial charge in [0.05, 0.1) is 0 Å². The molecule has 0 heterocycles. The van der Waals surface area contributed by atoms with Crippen LogP contribution in [-0.4, -0.2) is 32.9 Å². The van der Waals surface area contributed by atoms with Crippen LogP contribution >= 0.6 is 0 Å². The molecule has 7 heavy (non-hydrogen) atoms. The van der Waals surface area contributed by atoms with Crippen molar-refractivity contribution in [2.45, 2.75) is 0 Å². The molecule has 0 saturated heterocycles. The van der Waals surface area contributed by atoms with Gasteiger partial charge in [-0.1, -0.05) is 0 Å². The molecular formula is H12NdO6. The second-order valence-corrected chi connectivity index (χ2v) is 0. The van der Waals surface area contributed by atoms with E-state index in [-0.39, 0.29) is 73.7 Å². The summed E-state index contributed by atoms with van der Waals surface area (Å²) < 4.78 is 0. The largest absolute Gasteiger partial charge is 0.412 e. The van der Waals surface area contributed by atoms with Crippen LogP contribution in [0.3, 0.4) is 0 Å². The van der Waals surface area contributed by atoms with E-state index in [0.717, 1.165) is 0 Å². The summed E-state index contributed by atoms with van der Waals surface area (Å²) in [6.07, 6.45) is 0. The Hall–Kier alpha value is 1.11. The molecule has 7 heteroatoms. The Bertz CT molecular complexity index is 4.14. The quantitative estimate of drug-likeness (QED) is 0.399. The third-order valence-corrected chi connectivity index (χ3v) is 0. The van der Waals surface area contributed by atoms with Crippen LogP contribution in [0.25, 0.3) is 0 Å². The third kappa shape index (κ3) is 151. The molecule has 0 aromatic heterocycles. The Kier molecular flexibility index (Phi) is 10200. The minimum absolute atomic E-state index is 0. The van der Waals surface area contributed by atoms with E-state index in [0.29, 0.717) is 0 Å². The van der Waals surface area contributed by atoms with Crippen molar-refractivity contribution in [1.29, 1.82) is 0 Å². The maximum absolute atomic E-state index is 0. The van der Waals surface area contributed by atoms with Gasteiger partial charge in [0.1, 0.15) is 0 Å². The third-order valence-electron chi connectivity index (χ3n) is 0. The topological polar surface area (TPSA) is 189 Å². The summed E-state index contributed by atoms with van der Waals surface area (Å²) in [7, 11) is 0. The van der Waals surface area contributed by atoms with Gasteiger partial charge in [-0.25, -0.2) is 0 Å². The Morgan fingerprint density at radius 1 is 0.286 bits per heavy atom. The van der Waals surface area contributed by atoms with Crippen LogP contribution in [0.2, 0.25) is 0 Å². The number of hydrogen-bond acceptors (Lipinski definition) is 0. The van der Waals surface area contributed by atoms with Gasteiger partial charge in [0, 0.05) is 40.8 Å². The van der Waals surface area contributed by atoms with Crippen molar-refractivity contribution >= 4 is 0 Å². The summed E-state index contributed by atoms with van der Waals surface area (Å²) in [6, 6.07) is 0. The fourth-order valence-corrected chi connectivity index (χ4v) is 0. The first kappa shape index (κ1) is 332. The van der Waals surface area contributed by atoms with E-state index < -0.39 is 0 Å². The second-order valence-electron chi connectivity index (χ2n) is 0. The SMILES string of the molecule is O.O.O.O.O.O.[Nd]. The predicted octanol–water partition coefficient (Wildman–Crippen LogP) is -4.95. The van der Waals surface area contributed by atoms with E-state index in [1.165, 1.54) is 0 Å².